The zero-order valence-electron chi connectivity index (χ0n) is 16.0. The van der Waals surface area contributed by atoms with Crippen LogP contribution in [0.5, 0.6) is 0 Å². The molecule has 0 amide bonds. The third-order valence-electron chi connectivity index (χ3n) is 5.67. The van der Waals surface area contributed by atoms with Gasteiger partial charge in [0.15, 0.2) is 34.9 Å². The first-order valence-electron chi connectivity index (χ1n) is 9.51. The normalized spacial score (nSPS) is 12.1. The summed E-state index contributed by atoms with van der Waals surface area (Å²) < 4.78 is 101. The molecule has 0 radical (unpaired) electrons. The number of benzene rings is 4. The van der Waals surface area contributed by atoms with Gasteiger partial charge in [0.1, 0.15) is 5.82 Å². The molecule has 0 saturated carbocycles. The summed E-state index contributed by atoms with van der Waals surface area (Å²) in [7, 11) is 0. The van der Waals surface area contributed by atoms with Crippen LogP contribution in [0.15, 0.2) is 54.6 Å². The van der Waals surface area contributed by atoms with Crippen LogP contribution < -0.4 is 0 Å². The highest BCUT2D eigenvalue weighted by Gasteiger charge is 2.34. The lowest BCUT2D eigenvalue weighted by atomic mass is 9.88. The Labute approximate surface area is 177 Å². The second-order valence-electron chi connectivity index (χ2n) is 7.39. The Morgan fingerprint density at radius 1 is 0.438 bits per heavy atom. The van der Waals surface area contributed by atoms with E-state index >= 15 is 4.39 Å². The second kappa shape index (κ2) is 7.22. The van der Waals surface area contributed by atoms with E-state index in [1.54, 1.807) is 0 Å². The highest BCUT2D eigenvalue weighted by atomic mass is 19.2. The van der Waals surface area contributed by atoms with Crippen LogP contribution in [0.25, 0.3) is 33.4 Å². The van der Waals surface area contributed by atoms with Crippen molar-refractivity contribution in [2.75, 3.05) is 0 Å². The minimum Gasteiger partial charge on any atom is -0.206 e. The molecule has 0 nitrogen and oxygen atoms in total. The van der Waals surface area contributed by atoms with Crippen LogP contribution in [0.2, 0.25) is 0 Å². The van der Waals surface area contributed by atoms with Gasteiger partial charge in [-0.15, -0.1) is 0 Å². The van der Waals surface area contributed by atoms with Crippen molar-refractivity contribution in [2.24, 2.45) is 0 Å². The van der Waals surface area contributed by atoms with Crippen LogP contribution in [0.4, 0.5) is 30.7 Å². The molecule has 5 rings (SSSR count). The average molecular weight is 444 g/mol. The Bertz CT molecular complexity index is 1420. The van der Waals surface area contributed by atoms with Crippen molar-refractivity contribution in [1.82, 2.24) is 0 Å². The molecule has 7 heteroatoms. The molecular weight excluding hydrogens is 433 g/mol. The minimum absolute atomic E-state index is 0.0167. The molecule has 0 saturated heterocycles. The standard InChI is InChI=1S/C25H11F7/c26-16-7-3-4-11-10-15-19(23(30)25(32)24(31)20(15)18(11)16)13-6-2-1-5-12(13)14-8-9-17(27)22(29)21(14)28/h1-9H,10H2. The Kier molecular flexibility index (Phi) is 4.58. The molecule has 0 heterocycles. The van der Waals surface area contributed by atoms with E-state index in [1.807, 2.05) is 0 Å². The number of rotatable bonds is 2. The molecule has 0 N–H and O–H groups in total. The molecule has 0 aliphatic heterocycles. The van der Waals surface area contributed by atoms with Crippen molar-refractivity contribution in [3.05, 3.63) is 106 Å². The Hall–Kier alpha value is -3.61. The van der Waals surface area contributed by atoms with Crippen LogP contribution in [0, 0.1) is 40.7 Å². The molecule has 160 valence electrons. The van der Waals surface area contributed by atoms with Crippen molar-refractivity contribution >= 4 is 0 Å². The third kappa shape index (κ3) is 2.77. The molecular formula is C25H11F7. The van der Waals surface area contributed by atoms with E-state index in [-0.39, 0.29) is 34.2 Å². The third-order valence-corrected chi connectivity index (χ3v) is 5.67. The van der Waals surface area contributed by atoms with Gasteiger partial charge in [-0.2, -0.15) is 0 Å². The highest BCUT2D eigenvalue weighted by molar-refractivity contribution is 5.91. The summed E-state index contributed by atoms with van der Waals surface area (Å²) in [4.78, 5) is 0. The van der Waals surface area contributed by atoms with Gasteiger partial charge in [-0.05, 0) is 46.9 Å². The van der Waals surface area contributed by atoms with Crippen molar-refractivity contribution in [3.8, 4) is 33.4 Å². The van der Waals surface area contributed by atoms with Gasteiger partial charge in [-0.25, -0.2) is 30.7 Å². The largest absolute Gasteiger partial charge is 0.206 e. The van der Waals surface area contributed by atoms with Gasteiger partial charge in [-0.3, -0.25) is 0 Å². The maximum atomic E-state index is 15.1. The Morgan fingerprint density at radius 3 is 1.88 bits per heavy atom. The molecule has 0 unspecified atom stereocenters. The predicted molar refractivity (Wildman–Crippen MR) is 105 cm³/mol. The van der Waals surface area contributed by atoms with E-state index in [9.17, 15) is 26.3 Å². The van der Waals surface area contributed by atoms with Gasteiger partial charge >= 0.3 is 0 Å². The summed E-state index contributed by atoms with van der Waals surface area (Å²) >= 11 is 0. The molecule has 32 heavy (non-hydrogen) atoms. The fraction of sp³-hybridized carbons (Fsp3) is 0.0400. The number of hydrogen-bond donors (Lipinski definition) is 0. The van der Waals surface area contributed by atoms with Gasteiger partial charge in [-0.1, -0.05) is 36.4 Å². The van der Waals surface area contributed by atoms with Crippen molar-refractivity contribution in [3.63, 3.8) is 0 Å². The fourth-order valence-corrected chi connectivity index (χ4v) is 4.28. The van der Waals surface area contributed by atoms with Crippen LogP contribution in [0.1, 0.15) is 11.1 Å². The van der Waals surface area contributed by atoms with Gasteiger partial charge in [0.25, 0.3) is 0 Å². The maximum Gasteiger partial charge on any atom is 0.195 e. The predicted octanol–water partition coefficient (Wildman–Crippen LogP) is 7.57. The van der Waals surface area contributed by atoms with Crippen LogP contribution in [-0.4, -0.2) is 0 Å². The summed E-state index contributed by atoms with van der Waals surface area (Å²) in [5.74, 6) is -10.3. The molecule has 0 bridgehead atoms. The Balaban J connectivity index is 1.85. The van der Waals surface area contributed by atoms with E-state index in [1.165, 1.54) is 36.4 Å². The van der Waals surface area contributed by atoms with E-state index in [2.05, 4.69) is 0 Å². The van der Waals surface area contributed by atoms with Gasteiger partial charge in [0.2, 0.25) is 0 Å². The first-order valence-corrected chi connectivity index (χ1v) is 9.51. The van der Waals surface area contributed by atoms with Gasteiger partial charge < -0.3 is 0 Å². The van der Waals surface area contributed by atoms with Crippen LogP contribution in [0.3, 0.4) is 0 Å². The maximum absolute atomic E-state index is 15.1. The van der Waals surface area contributed by atoms with E-state index in [4.69, 9.17) is 0 Å². The first kappa shape index (κ1) is 20.3. The van der Waals surface area contributed by atoms with Crippen molar-refractivity contribution < 1.29 is 30.7 Å². The summed E-state index contributed by atoms with van der Waals surface area (Å²) in [6, 6.07) is 11.2. The number of hydrogen-bond acceptors (Lipinski definition) is 0. The van der Waals surface area contributed by atoms with Crippen LogP contribution >= 0.6 is 0 Å². The van der Waals surface area contributed by atoms with E-state index < -0.39 is 51.8 Å². The Morgan fingerprint density at radius 2 is 1.12 bits per heavy atom. The van der Waals surface area contributed by atoms with Crippen molar-refractivity contribution in [1.29, 1.82) is 0 Å². The lowest BCUT2D eigenvalue weighted by Gasteiger charge is -2.17. The molecule has 0 spiro atoms. The van der Waals surface area contributed by atoms with Gasteiger partial charge in [0, 0.05) is 22.3 Å². The molecule has 0 fully saturated rings. The second-order valence-corrected chi connectivity index (χ2v) is 7.39. The lowest BCUT2D eigenvalue weighted by Crippen LogP contribution is -2.03. The molecule has 0 atom stereocenters. The monoisotopic (exact) mass is 444 g/mol. The smallest absolute Gasteiger partial charge is 0.195 e. The summed E-state index contributed by atoms with van der Waals surface area (Å²) in [6.07, 6.45) is -0.0968. The molecule has 1 aliphatic carbocycles. The summed E-state index contributed by atoms with van der Waals surface area (Å²) in [5, 5.41) is 0. The SMILES string of the molecule is Fc1ccc(-c2ccccc2-c2c(F)c(F)c(F)c3c2Cc2cccc(F)c2-3)c(F)c1F. The zero-order chi connectivity index (χ0) is 22.7. The zero-order valence-corrected chi connectivity index (χ0v) is 16.0. The van der Waals surface area contributed by atoms with Crippen molar-refractivity contribution in [2.45, 2.75) is 6.42 Å². The van der Waals surface area contributed by atoms with Crippen LogP contribution in [-0.2, 0) is 6.42 Å². The number of halogens is 7. The van der Waals surface area contributed by atoms with E-state index in [0.29, 0.717) is 11.6 Å². The molecule has 1 aliphatic rings. The molecule has 4 aromatic carbocycles. The average Bonchev–Trinajstić information content (AvgIpc) is 3.17. The quantitative estimate of drug-likeness (QED) is 0.195. The topological polar surface area (TPSA) is 0 Å². The highest BCUT2D eigenvalue weighted by Crippen LogP contribution is 2.48. The molecule has 0 aromatic heterocycles. The summed E-state index contributed by atoms with van der Waals surface area (Å²) in [5.41, 5.74) is -1.18. The molecule has 4 aromatic rings. The van der Waals surface area contributed by atoms with E-state index in [0.717, 1.165) is 12.1 Å². The minimum atomic E-state index is -1.81. The summed E-state index contributed by atoms with van der Waals surface area (Å²) in [6.45, 7) is 0. The van der Waals surface area contributed by atoms with Gasteiger partial charge in [0.05, 0.1) is 0 Å². The lowest BCUT2D eigenvalue weighted by molar-refractivity contribution is 0.448. The fourth-order valence-electron chi connectivity index (χ4n) is 4.28. The number of fused-ring (bicyclic) bond motifs is 3. The first-order chi connectivity index (χ1) is 15.3.